The Morgan fingerprint density at radius 1 is 1.38 bits per heavy atom. The summed E-state index contributed by atoms with van der Waals surface area (Å²) in [4.78, 5) is 2.02. The molecule has 1 aliphatic heterocycles. The van der Waals surface area contributed by atoms with Crippen LogP contribution >= 0.6 is 0 Å². The number of likely N-dealkylation sites (tertiary alicyclic amines) is 1. The van der Waals surface area contributed by atoms with Crippen LogP contribution in [0, 0.1) is 17.3 Å². The number of hydrogen-bond donors (Lipinski definition) is 0. The fraction of sp³-hybridized carbons (Fsp3) is 1.00. The Hall–Kier alpha value is -0.250. The third kappa shape index (κ3) is 3.12. The molecule has 96 valence electrons. The lowest BCUT2D eigenvalue weighted by Gasteiger charge is -2.46. The van der Waals surface area contributed by atoms with E-state index in [1.807, 2.05) is 25.8 Å². The maximum Gasteiger partial charge on any atom is 0.392 e. The van der Waals surface area contributed by atoms with Crippen molar-refractivity contribution in [2.75, 3.05) is 20.1 Å². The summed E-state index contributed by atoms with van der Waals surface area (Å²) in [5, 5.41) is 0. The molecule has 1 aliphatic rings. The molecule has 1 fully saturated rings. The Morgan fingerprint density at radius 3 is 2.38 bits per heavy atom. The van der Waals surface area contributed by atoms with Gasteiger partial charge in [0.2, 0.25) is 0 Å². The summed E-state index contributed by atoms with van der Waals surface area (Å²) in [5.41, 5.74) is -0.626. The lowest BCUT2D eigenvalue weighted by atomic mass is 9.67. The van der Waals surface area contributed by atoms with Crippen molar-refractivity contribution in [3.05, 3.63) is 0 Å². The van der Waals surface area contributed by atoms with Gasteiger partial charge in [0.05, 0.1) is 5.92 Å². The van der Waals surface area contributed by atoms with Crippen molar-refractivity contribution in [3.8, 4) is 0 Å². The van der Waals surface area contributed by atoms with E-state index in [-0.39, 0.29) is 6.42 Å². The summed E-state index contributed by atoms with van der Waals surface area (Å²) in [6.07, 6.45) is -3.17. The highest BCUT2D eigenvalue weighted by molar-refractivity contribution is 4.93. The zero-order valence-electron chi connectivity index (χ0n) is 10.6. The van der Waals surface area contributed by atoms with Crippen LogP contribution in [0.5, 0.6) is 0 Å². The predicted octanol–water partition coefficient (Wildman–Crippen LogP) is 3.55. The van der Waals surface area contributed by atoms with Crippen molar-refractivity contribution in [1.82, 2.24) is 4.90 Å². The molecule has 0 aromatic carbocycles. The minimum Gasteiger partial charge on any atom is -0.306 e. The minimum absolute atomic E-state index is 0.239. The first-order valence-electron chi connectivity index (χ1n) is 5.90. The molecule has 0 unspecified atom stereocenters. The van der Waals surface area contributed by atoms with Crippen molar-refractivity contribution in [2.24, 2.45) is 17.3 Å². The molecule has 4 heteroatoms. The number of hydrogen-bond acceptors (Lipinski definition) is 1. The van der Waals surface area contributed by atoms with E-state index in [1.54, 1.807) is 6.92 Å². The quantitative estimate of drug-likeness (QED) is 0.710. The van der Waals surface area contributed by atoms with Gasteiger partial charge in [0.1, 0.15) is 0 Å². The number of halogens is 3. The van der Waals surface area contributed by atoms with Gasteiger partial charge in [-0.15, -0.1) is 0 Å². The Labute approximate surface area is 96.0 Å². The van der Waals surface area contributed by atoms with E-state index in [1.165, 1.54) is 0 Å². The van der Waals surface area contributed by atoms with Gasteiger partial charge in [0.15, 0.2) is 0 Å². The van der Waals surface area contributed by atoms with Gasteiger partial charge < -0.3 is 4.90 Å². The molecule has 1 heterocycles. The van der Waals surface area contributed by atoms with E-state index in [9.17, 15) is 13.2 Å². The summed E-state index contributed by atoms with van der Waals surface area (Å²) in [7, 11) is 1.91. The zero-order chi connectivity index (χ0) is 12.6. The van der Waals surface area contributed by atoms with E-state index in [2.05, 4.69) is 0 Å². The summed E-state index contributed by atoms with van der Waals surface area (Å²) in [6, 6.07) is 0. The maximum atomic E-state index is 13.0. The van der Waals surface area contributed by atoms with E-state index in [0.29, 0.717) is 25.4 Å². The Morgan fingerprint density at radius 2 is 1.94 bits per heavy atom. The third-order valence-electron chi connectivity index (χ3n) is 3.54. The van der Waals surface area contributed by atoms with Crippen molar-refractivity contribution < 1.29 is 13.2 Å². The second-order valence-electron chi connectivity index (χ2n) is 5.87. The zero-order valence-corrected chi connectivity index (χ0v) is 10.6. The number of alkyl halides is 3. The first kappa shape index (κ1) is 13.8. The topological polar surface area (TPSA) is 3.24 Å². The van der Waals surface area contributed by atoms with Crippen molar-refractivity contribution in [3.63, 3.8) is 0 Å². The second kappa shape index (κ2) is 4.55. The van der Waals surface area contributed by atoms with Gasteiger partial charge in [-0.2, -0.15) is 13.2 Å². The monoisotopic (exact) mass is 237 g/mol. The Kier molecular flexibility index (Phi) is 3.93. The Bertz CT molecular complexity index is 233. The van der Waals surface area contributed by atoms with Crippen LogP contribution in [0.4, 0.5) is 13.2 Å². The van der Waals surface area contributed by atoms with Gasteiger partial charge in [-0.25, -0.2) is 0 Å². The van der Waals surface area contributed by atoms with Crippen LogP contribution in [0.15, 0.2) is 0 Å². The molecule has 0 saturated carbocycles. The molecule has 0 spiro atoms. The van der Waals surface area contributed by atoms with Crippen LogP contribution in [0.2, 0.25) is 0 Å². The highest BCUT2D eigenvalue weighted by Crippen LogP contribution is 2.48. The lowest BCUT2D eigenvalue weighted by Crippen LogP contribution is -2.51. The van der Waals surface area contributed by atoms with Gasteiger partial charge in [-0.1, -0.05) is 20.8 Å². The molecule has 0 N–H and O–H groups in total. The molecule has 0 radical (unpaired) electrons. The molecule has 0 aliphatic carbocycles. The number of rotatable bonds is 2. The molecule has 1 rings (SSSR count). The summed E-state index contributed by atoms with van der Waals surface area (Å²) in [5.74, 6) is -0.833. The maximum absolute atomic E-state index is 13.0. The van der Waals surface area contributed by atoms with E-state index < -0.39 is 17.5 Å². The molecule has 0 bridgehead atoms. The second-order valence-corrected chi connectivity index (χ2v) is 5.87. The highest BCUT2D eigenvalue weighted by Gasteiger charge is 2.52. The normalized spacial score (nSPS) is 33.4. The standard InChI is InChI=1S/C12H22F3N/c1-9(2)7-11(3)8-16(4)6-5-10(11)12(13,14)15/h9-10H,5-8H2,1-4H3/t10-,11-/m1/s1. The van der Waals surface area contributed by atoms with Gasteiger partial charge in [0, 0.05) is 6.54 Å². The fourth-order valence-electron chi connectivity index (χ4n) is 3.20. The third-order valence-corrected chi connectivity index (χ3v) is 3.54. The minimum atomic E-state index is -4.05. The Balaban J connectivity index is 2.88. The average molecular weight is 237 g/mol. The van der Waals surface area contributed by atoms with Gasteiger partial charge >= 0.3 is 6.18 Å². The van der Waals surface area contributed by atoms with E-state index in [0.717, 1.165) is 0 Å². The molecule has 2 atom stereocenters. The summed E-state index contributed by atoms with van der Waals surface area (Å²) in [6.45, 7) is 6.88. The largest absolute Gasteiger partial charge is 0.392 e. The van der Waals surface area contributed by atoms with Crippen LogP contribution in [-0.4, -0.2) is 31.2 Å². The van der Waals surface area contributed by atoms with E-state index in [4.69, 9.17) is 0 Å². The summed E-state index contributed by atoms with van der Waals surface area (Å²) < 4.78 is 39.0. The highest BCUT2D eigenvalue weighted by atomic mass is 19.4. The van der Waals surface area contributed by atoms with Gasteiger partial charge in [0.25, 0.3) is 0 Å². The van der Waals surface area contributed by atoms with Crippen molar-refractivity contribution >= 4 is 0 Å². The van der Waals surface area contributed by atoms with Crippen molar-refractivity contribution in [1.29, 1.82) is 0 Å². The van der Waals surface area contributed by atoms with Crippen LogP contribution in [-0.2, 0) is 0 Å². The van der Waals surface area contributed by atoms with Gasteiger partial charge in [-0.3, -0.25) is 0 Å². The molecular weight excluding hydrogens is 215 g/mol. The number of nitrogens with zero attached hydrogens (tertiary/aromatic N) is 1. The SMILES string of the molecule is CC(C)C[C@]1(C)CN(C)CC[C@H]1C(F)(F)F. The molecule has 16 heavy (non-hydrogen) atoms. The first-order valence-corrected chi connectivity index (χ1v) is 5.90. The van der Waals surface area contributed by atoms with Crippen molar-refractivity contribution in [2.45, 2.75) is 39.8 Å². The number of piperidine rings is 1. The van der Waals surface area contributed by atoms with E-state index >= 15 is 0 Å². The smallest absolute Gasteiger partial charge is 0.306 e. The first-order chi connectivity index (χ1) is 7.15. The predicted molar refractivity (Wildman–Crippen MR) is 59.2 cm³/mol. The molecule has 0 amide bonds. The molecule has 1 nitrogen and oxygen atoms in total. The lowest BCUT2D eigenvalue weighted by molar-refractivity contribution is -0.221. The van der Waals surface area contributed by atoms with Crippen LogP contribution < -0.4 is 0 Å². The molecular formula is C12H22F3N. The fourth-order valence-corrected chi connectivity index (χ4v) is 3.20. The van der Waals surface area contributed by atoms with Crippen LogP contribution in [0.25, 0.3) is 0 Å². The summed E-state index contributed by atoms with van der Waals surface area (Å²) >= 11 is 0. The average Bonchev–Trinajstić information content (AvgIpc) is 1.97. The molecule has 0 aromatic rings. The van der Waals surface area contributed by atoms with Crippen LogP contribution in [0.1, 0.15) is 33.6 Å². The molecule has 1 saturated heterocycles. The van der Waals surface area contributed by atoms with Crippen LogP contribution in [0.3, 0.4) is 0 Å². The molecule has 0 aromatic heterocycles. The van der Waals surface area contributed by atoms with Gasteiger partial charge in [-0.05, 0) is 37.8 Å².